The summed E-state index contributed by atoms with van der Waals surface area (Å²) in [5.74, 6) is -1.30. The van der Waals surface area contributed by atoms with Gasteiger partial charge >= 0.3 is 11.9 Å². The predicted octanol–water partition coefficient (Wildman–Crippen LogP) is 2.42. The maximum atomic E-state index is 11.4. The molecule has 6 nitrogen and oxygen atoms in total. The molecule has 1 N–H and O–H groups in total. The van der Waals surface area contributed by atoms with Gasteiger partial charge in [-0.25, -0.2) is 9.59 Å². The number of rotatable bonds is 1. The van der Waals surface area contributed by atoms with E-state index < -0.39 is 11.9 Å². The number of esters is 2. The highest BCUT2D eigenvalue weighted by molar-refractivity contribution is 6.30. The van der Waals surface area contributed by atoms with Crippen molar-refractivity contribution in [2.24, 2.45) is 0 Å². The van der Waals surface area contributed by atoms with Crippen LogP contribution in [0.3, 0.4) is 0 Å². The van der Waals surface area contributed by atoms with Crippen LogP contribution < -0.4 is 0 Å². The van der Waals surface area contributed by atoms with Crippen LogP contribution in [0.4, 0.5) is 0 Å². The number of allylic oxidation sites excluding steroid dienone is 1. The second kappa shape index (κ2) is 7.54. The van der Waals surface area contributed by atoms with Crippen molar-refractivity contribution in [1.29, 1.82) is 0 Å². The number of cyclic esters (lactones) is 2. The largest absolute Gasteiger partial charge is 0.386 e. The number of para-hydroxylation sites is 1. The Labute approximate surface area is 121 Å². The highest BCUT2D eigenvalue weighted by Gasteiger charge is 2.26. The molecule has 1 aromatic carbocycles. The number of aromatic nitrogens is 3. The van der Waals surface area contributed by atoms with Gasteiger partial charge in [-0.15, -0.1) is 19.7 Å². The van der Waals surface area contributed by atoms with E-state index in [9.17, 15) is 9.59 Å². The van der Waals surface area contributed by atoms with Gasteiger partial charge in [0.1, 0.15) is 11.0 Å². The van der Waals surface area contributed by atoms with E-state index in [1.54, 1.807) is 24.3 Å². The third-order valence-corrected chi connectivity index (χ3v) is 2.31. The van der Waals surface area contributed by atoms with Crippen molar-refractivity contribution in [3.8, 4) is 0 Å². The molecule has 0 saturated carbocycles. The van der Waals surface area contributed by atoms with Crippen molar-refractivity contribution < 1.29 is 14.3 Å². The quantitative estimate of drug-likeness (QED) is 0.494. The summed E-state index contributed by atoms with van der Waals surface area (Å²) in [6, 6.07) is 5.18. The second-order valence-electron chi connectivity index (χ2n) is 3.67. The van der Waals surface area contributed by atoms with E-state index in [2.05, 4.69) is 39.9 Å². The van der Waals surface area contributed by atoms with Crippen molar-refractivity contribution in [2.75, 3.05) is 0 Å². The lowest BCUT2D eigenvalue weighted by Crippen LogP contribution is -2.01. The molecule has 0 unspecified atom stereocenters. The lowest BCUT2D eigenvalue weighted by atomic mass is 10.1. The Bertz CT molecular complexity index is 701. The lowest BCUT2D eigenvalue weighted by molar-refractivity contribution is -0.149. The smallest absolute Gasteiger partial charge is 0.346 e. The molecular weight excluding hydrogens is 270 g/mol. The van der Waals surface area contributed by atoms with Gasteiger partial charge in [-0.05, 0) is 13.0 Å². The molecule has 1 aromatic heterocycles. The first kappa shape index (κ1) is 16.0. The first-order chi connectivity index (χ1) is 10.2. The summed E-state index contributed by atoms with van der Waals surface area (Å²) >= 11 is 0. The van der Waals surface area contributed by atoms with Gasteiger partial charge in [0, 0.05) is 11.6 Å². The molecule has 2 heterocycles. The fourth-order valence-electron chi connectivity index (χ4n) is 1.63. The molecule has 3 rings (SSSR count). The molecule has 108 valence electrons. The van der Waals surface area contributed by atoms with E-state index >= 15 is 0 Å². The van der Waals surface area contributed by atoms with Crippen molar-refractivity contribution in [2.45, 2.75) is 6.92 Å². The molecule has 0 aliphatic carbocycles. The summed E-state index contributed by atoms with van der Waals surface area (Å²) in [5.41, 5.74) is 1.93. The van der Waals surface area contributed by atoms with Crippen molar-refractivity contribution >= 4 is 28.5 Å². The van der Waals surface area contributed by atoms with E-state index in [0.717, 1.165) is 6.08 Å². The van der Waals surface area contributed by atoms with Crippen LogP contribution in [0.1, 0.15) is 12.5 Å². The standard InChI is InChI=1S/C10H5N3O3.C3H6.C2H4/c14-8-4-6(10(15)16-8)5-2-1-3-7-9(5)12-13-11-7;1-3-2;1-2/h1-4H,(H,11,12,13);3H,1H2,2H3;1-2H2. The lowest BCUT2D eigenvalue weighted by Gasteiger charge is -1.98. The Morgan fingerprint density at radius 2 is 1.90 bits per heavy atom. The number of H-pyrrole nitrogens is 1. The van der Waals surface area contributed by atoms with E-state index in [-0.39, 0.29) is 5.57 Å². The molecule has 0 saturated heterocycles. The summed E-state index contributed by atoms with van der Waals surface area (Å²) in [6.45, 7) is 11.2. The van der Waals surface area contributed by atoms with Gasteiger partial charge in [-0.1, -0.05) is 18.2 Å². The number of ether oxygens (including phenoxy) is 1. The molecule has 0 spiro atoms. The molecule has 0 radical (unpaired) electrons. The Balaban J connectivity index is 0.000000395. The maximum Gasteiger partial charge on any atom is 0.346 e. The number of nitrogens with zero attached hydrogens (tertiary/aromatic N) is 2. The minimum atomic E-state index is -0.652. The number of nitrogens with one attached hydrogen (secondary N) is 1. The fraction of sp³-hybridized carbons (Fsp3) is 0.0667. The number of hydrogen-bond donors (Lipinski definition) is 1. The Kier molecular flexibility index (Phi) is 5.76. The third-order valence-electron chi connectivity index (χ3n) is 2.31. The molecular formula is C15H15N3O3. The molecule has 0 fully saturated rings. The normalized spacial score (nSPS) is 12.5. The minimum absolute atomic E-state index is 0.213. The van der Waals surface area contributed by atoms with E-state index in [4.69, 9.17) is 0 Å². The number of benzene rings is 1. The van der Waals surface area contributed by atoms with Crippen molar-refractivity contribution in [3.05, 3.63) is 55.7 Å². The highest BCUT2D eigenvalue weighted by atomic mass is 16.6. The van der Waals surface area contributed by atoms with Gasteiger partial charge in [0.2, 0.25) is 0 Å². The Morgan fingerprint density at radius 3 is 2.48 bits per heavy atom. The van der Waals surface area contributed by atoms with Crippen LogP contribution in [-0.2, 0) is 14.3 Å². The van der Waals surface area contributed by atoms with Gasteiger partial charge in [-0.2, -0.15) is 15.4 Å². The predicted molar refractivity (Wildman–Crippen MR) is 80.1 cm³/mol. The number of carbonyl (C=O) groups is 2. The first-order valence-corrected chi connectivity index (χ1v) is 6.02. The molecule has 21 heavy (non-hydrogen) atoms. The van der Waals surface area contributed by atoms with Crippen LogP contribution in [0.5, 0.6) is 0 Å². The minimum Gasteiger partial charge on any atom is -0.386 e. The van der Waals surface area contributed by atoms with E-state index in [1.165, 1.54) is 0 Å². The third kappa shape index (κ3) is 3.50. The van der Waals surface area contributed by atoms with Crippen LogP contribution in [0.2, 0.25) is 0 Å². The number of hydrogen-bond acceptors (Lipinski definition) is 5. The van der Waals surface area contributed by atoms with Gasteiger partial charge in [0.25, 0.3) is 0 Å². The summed E-state index contributed by atoms with van der Waals surface area (Å²) in [6.07, 6.45) is 2.91. The number of fused-ring (bicyclic) bond motifs is 1. The van der Waals surface area contributed by atoms with E-state index in [1.807, 2.05) is 6.92 Å². The molecule has 0 atom stereocenters. The fourth-order valence-corrected chi connectivity index (χ4v) is 1.63. The summed E-state index contributed by atoms with van der Waals surface area (Å²) in [7, 11) is 0. The average Bonchev–Trinajstić information content (AvgIpc) is 3.07. The summed E-state index contributed by atoms with van der Waals surface area (Å²) in [5, 5.41) is 10.3. The first-order valence-electron chi connectivity index (χ1n) is 6.02. The van der Waals surface area contributed by atoms with Gasteiger partial charge < -0.3 is 4.74 Å². The molecule has 1 aliphatic heterocycles. The van der Waals surface area contributed by atoms with Crippen LogP contribution >= 0.6 is 0 Å². The summed E-state index contributed by atoms with van der Waals surface area (Å²) in [4.78, 5) is 22.3. The number of carbonyl (C=O) groups excluding carboxylic acids is 2. The van der Waals surface area contributed by atoms with E-state index in [0.29, 0.717) is 16.6 Å². The van der Waals surface area contributed by atoms with Gasteiger partial charge in [0.05, 0.1) is 5.57 Å². The Hall–Kier alpha value is -3.02. The van der Waals surface area contributed by atoms with Crippen molar-refractivity contribution in [3.63, 3.8) is 0 Å². The van der Waals surface area contributed by atoms with Gasteiger partial charge in [-0.3, -0.25) is 0 Å². The Morgan fingerprint density at radius 1 is 1.24 bits per heavy atom. The zero-order chi connectivity index (χ0) is 15.8. The van der Waals surface area contributed by atoms with Crippen LogP contribution in [0.15, 0.2) is 50.1 Å². The molecule has 2 aromatic rings. The average molecular weight is 285 g/mol. The molecule has 1 aliphatic rings. The SMILES string of the molecule is C=C.C=CC.O=C1C=C(c2cccc3n[nH]nc23)C(=O)O1. The molecule has 6 heteroatoms. The monoisotopic (exact) mass is 285 g/mol. The van der Waals surface area contributed by atoms with Crippen LogP contribution in [-0.4, -0.2) is 27.3 Å². The zero-order valence-electron chi connectivity index (χ0n) is 11.6. The van der Waals surface area contributed by atoms with Crippen molar-refractivity contribution in [1.82, 2.24) is 15.4 Å². The molecule has 0 bridgehead atoms. The highest BCUT2D eigenvalue weighted by Crippen LogP contribution is 2.26. The number of aromatic amines is 1. The van der Waals surface area contributed by atoms with Crippen LogP contribution in [0.25, 0.3) is 16.6 Å². The molecule has 0 amide bonds. The zero-order valence-corrected chi connectivity index (χ0v) is 11.6. The van der Waals surface area contributed by atoms with Crippen LogP contribution in [0, 0.1) is 0 Å². The van der Waals surface area contributed by atoms with Gasteiger partial charge in [0.15, 0.2) is 0 Å². The second-order valence-corrected chi connectivity index (χ2v) is 3.67. The maximum absolute atomic E-state index is 11.4. The summed E-state index contributed by atoms with van der Waals surface area (Å²) < 4.78 is 4.42. The topological polar surface area (TPSA) is 84.9 Å².